The van der Waals surface area contributed by atoms with E-state index < -0.39 is 0 Å². The summed E-state index contributed by atoms with van der Waals surface area (Å²) in [6.45, 7) is 2.22. The molecule has 3 heteroatoms. The average Bonchev–Trinajstić information content (AvgIpc) is 2.34. The summed E-state index contributed by atoms with van der Waals surface area (Å²) in [4.78, 5) is 4.01. The summed E-state index contributed by atoms with van der Waals surface area (Å²) in [5.74, 6) is -0.305. The number of hydrogen-bond donors (Lipinski definition) is 1. The van der Waals surface area contributed by atoms with Gasteiger partial charge in [-0.2, -0.15) is 0 Å². The average molecular weight is 238 g/mol. The number of hydrogen-bond acceptors (Lipinski definition) is 2. The first kappa shape index (κ1) is 14.1. The van der Waals surface area contributed by atoms with Crippen molar-refractivity contribution >= 4 is 0 Å². The van der Waals surface area contributed by atoms with Gasteiger partial charge in [-0.1, -0.05) is 45.4 Å². The first-order valence-corrected chi connectivity index (χ1v) is 6.61. The Kier molecular flexibility index (Phi) is 6.78. The fourth-order valence-corrected chi connectivity index (χ4v) is 1.90. The predicted octanol–water partition coefficient (Wildman–Crippen LogP) is 3.97. The summed E-state index contributed by atoms with van der Waals surface area (Å²) in [6, 6.07) is 3.04. The molecule has 1 atom stereocenters. The normalized spacial score (nSPS) is 12.6. The third kappa shape index (κ3) is 5.78. The van der Waals surface area contributed by atoms with Crippen LogP contribution in [-0.2, 0) is 0 Å². The second-order valence-corrected chi connectivity index (χ2v) is 4.56. The van der Waals surface area contributed by atoms with Crippen LogP contribution >= 0.6 is 0 Å². The molecule has 0 radical (unpaired) electrons. The van der Waals surface area contributed by atoms with E-state index in [2.05, 4.69) is 11.9 Å². The van der Waals surface area contributed by atoms with Crippen LogP contribution in [0.15, 0.2) is 18.3 Å². The standard InChI is InChI=1S/C14H23FN2/c1-2-3-4-5-6-7-8-13(16)14-10-9-12(15)11-17-14/h9-11,13H,2-8,16H2,1H3. The maximum atomic E-state index is 12.7. The molecule has 0 aliphatic carbocycles. The highest BCUT2D eigenvalue weighted by Gasteiger charge is 2.06. The lowest BCUT2D eigenvalue weighted by Gasteiger charge is -2.10. The van der Waals surface area contributed by atoms with Crippen molar-refractivity contribution in [3.63, 3.8) is 0 Å². The summed E-state index contributed by atoms with van der Waals surface area (Å²) in [7, 11) is 0. The molecule has 0 amide bonds. The van der Waals surface area contributed by atoms with Crippen LogP contribution in [-0.4, -0.2) is 4.98 Å². The monoisotopic (exact) mass is 238 g/mol. The van der Waals surface area contributed by atoms with Gasteiger partial charge in [0.25, 0.3) is 0 Å². The van der Waals surface area contributed by atoms with E-state index >= 15 is 0 Å². The zero-order valence-electron chi connectivity index (χ0n) is 10.7. The summed E-state index contributed by atoms with van der Waals surface area (Å²) < 4.78 is 12.7. The molecule has 1 aromatic rings. The molecule has 0 saturated carbocycles. The van der Waals surface area contributed by atoms with Gasteiger partial charge in [0.05, 0.1) is 11.9 Å². The van der Waals surface area contributed by atoms with Gasteiger partial charge in [-0.15, -0.1) is 0 Å². The number of unbranched alkanes of at least 4 members (excludes halogenated alkanes) is 5. The minimum absolute atomic E-state index is 0.0539. The van der Waals surface area contributed by atoms with Crippen LogP contribution in [0.1, 0.15) is 63.6 Å². The number of aromatic nitrogens is 1. The number of rotatable bonds is 8. The Morgan fingerprint density at radius 2 is 1.88 bits per heavy atom. The summed E-state index contributed by atoms with van der Waals surface area (Å²) in [5, 5.41) is 0. The quantitative estimate of drug-likeness (QED) is 0.696. The van der Waals surface area contributed by atoms with Gasteiger partial charge in [0.15, 0.2) is 0 Å². The van der Waals surface area contributed by atoms with Crippen LogP contribution in [0.4, 0.5) is 4.39 Å². The van der Waals surface area contributed by atoms with E-state index in [-0.39, 0.29) is 11.9 Å². The first-order valence-electron chi connectivity index (χ1n) is 6.61. The van der Waals surface area contributed by atoms with Gasteiger partial charge < -0.3 is 5.73 Å². The highest BCUT2D eigenvalue weighted by molar-refractivity contribution is 5.09. The van der Waals surface area contributed by atoms with Gasteiger partial charge in [-0.3, -0.25) is 4.98 Å². The van der Waals surface area contributed by atoms with Crippen LogP contribution in [0.2, 0.25) is 0 Å². The number of nitrogens with two attached hydrogens (primary N) is 1. The Morgan fingerprint density at radius 1 is 1.18 bits per heavy atom. The third-order valence-electron chi connectivity index (χ3n) is 3.00. The smallest absolute Gasteiger partial charge is 0.141 e. The Bertz CT molecular complexity index is 298. The number of nitrogens with zero attached hydrogens (tertiary/aromatic N) is 1. The predicted molar refractivity (Wildman–Crippen MR) is 69.1 cm³/mol. The molecular weight excluding hydrogens is 215 g/mol. The van der Waals surface area contributed by atoms with Crippen LogP contribution in [0.25, 0.3) is 0 Å². The molecule has 0 aliphatic rings. The zero-order valence-corrected chi connectivity index (χ0v) is 10.7. The van der Waals surface area contributed by atoms with Gasteiger partial charge in [-0.25, -0.2) is 4.39 Å². The zero-order chi connectivity index (χ0) is 12.5. The third-order valence-corrected chi connectivity index (χ3v) is 3.00. The van der Waals surface area contributed by atoms with Crippen molar-refractivity contribution in [2.45, 2.75) is 57.9 Å². The van der Waals surface area contributed by atoms with Crippen molar-refractivity contribution in [2.24, 2.45) is 5.73 Å². The van der Waals surface area contributed by atoms with E-state index in [9.17, 15) is 4.39 Å². The molecule has 1 heterocycles. The van der Waals surface area contributed by atoms with Crippen LogP contribution in [0.3, 0.4) is 0 Å². The fourth-order valence-electron chi connectivity index (χ4n) is 1.90. The molecule has 1 rings (SSSR count). The molecule has 0 spiro atoms. The SMILES string of the molecule is CCCCCCCCC(N)c1ccc(F)cn1. The Morgan fingerprint density at radius 3 is 2.53 bits per heavy atom. The molecule has 2 nitrogen and oxygen atoms in total. The maximum absolute atomic E-state index is 12.7. The number of halogens is 1. The Hall–Kier alpha value is -0.960. The van der Waals surface area contributed by atoms with Crippen LogP contribution < -0.4 is 5.73 Å². The highest BCUT2D eigenvalue weighted by atomic mass is 19.1. The molecule has 1 unspecified atom stereocenters. The van der Waals surface area contributed by atoms with E-state index in [1.54, 1.807) is 6.07 Å². The number of pyridine rings is 1. The maximum Gasteiger partial charge on any atom is 0.141 e. The molecule has 2 N–H and O–H groups in total. The molecule has 1 aromatic heterocycles. The van der Waals surface area contributed by atoms with Crippen molar-refractivity contribution < 1.29 is 4.39 Å². The lowest BCUT2D eigenvalue weighted by molar-refractivity contribution is 0.538. The largest absolute Gasteiger partial charge is 0.323 e. The minimum Gasteiger partial charge on any atom is -0.323 e. The molecule has 0 saturated heterocycles. The van der Waals surface area contributed by atoms with Crippen molar-refractivity contribution in [1.29, 1.82) is 0 Å². The van der Waals surface area contributed by atoms with Crippen molar-refractivity contribution in [2.75, 3.05) is 0 Å². The van der Waals surface area contributed by atoms with Crippen molar-refractivity contribution in [3.05, 3.63) is 29.8 Å². The van der Waals surface area contributed by atoms with Crippen LogP contribution in [0, 0.1) is 5.82 Å². The van der Waals surface area contributed by atoms with E-state index in [1.807, 2.05) is 0 Å². The molecule has 0 bridgehead atoms. The Labute approximate surface area is 103 Å². The van der Waals surface area contributed by atoms with Crippen LogP contribution in [0.5, 0.6) is 0 Å². The lowest BCUT2D eigenvalue weighted by atomic mass is 10.0. The van der Waals surface area contributed by atoms with Gasteiger partial charge in [0.1, 0.15) is 5.82 Å². The van der Waals surface area contributed by atoms with E-state index in [1.165, 1.54) is 44.4 Å². The van der Waals surface area contributed by atoms with Gasteiger partial charge in [0, 0.05) is 6.04 Å². The second kappa shape index (κ2) is 8.18. The fraction of sp³-hybridized carbons (Fsp3) is 0.643. The van der Waals surface area contributed by atoms with Crippen molar-refractivity contribution in [3.8, 4) is 0 Å². The summed E-state index contributed by atoms with van der Waals surface area (Å²) >= 11 is 0. The lowest BCUT2D eigenvalue weighted by Crippen LogP contribution is -2.11. The van der Waals surface area contributed by atoms with Crippen molar-refractivity contribution in [1.82, 2.24) is 4.98 Å². The van der Waals surface area contributed by atoms with Gasteiger partial charge in [-0.05, 0) is 18.6 Å². The molecular formula is C14H23FN2. The topological polar surface area (TPSA) is 38.9 Å². The molecule has 17 heavy (non-hydrogen) atoms. The molecule has 0 fully saturated rings. The first-order chi connectivity index (χ1) is 8.24. The highest BCUT2D eigenvalue weighted by Crippen LogP contribution is 2.16. The van der Waals surface area contributed by atoms with E-state index in [0.717, 1.165) is 18.5 Å². The second-order valence-electron chi connectivity index (χ2n) is 4.56. The van der Waals surface area contributed by atoms with E-state index in [4.69, 9.17) is 5.73 Å². The van der Waals surface area contributed by atoms with Gasteiger partial charge >= 0.3 is 0 Å². The van der Waals surface area contributed by atoms with Gasteiger partial charge in [0.2, 0.25) is 0 Å². The Balaban J connectivity index is 2.16. The molecule has 0 aromatic carbocycles. The van der Waals surface area contributed by atoms with E-state index in [0.29, 0.717) is 0 Å². The molecule has 0 aliphatic heterocycles. The molecule has 96 valence electrons. The minimum atomic E-state index is -0.305. The summed E-state index contributed by atoms with van der Waals surface area (Å²) in [5.41, 5.74) is 6.79. The summed E-state index contributed by atoms with van der Waals surface area (Å²) in [6.07, 6.45) is 9.74.